The Morgan fingerprint density at radius 1 is 1.26 bits per heavy atom. The van der Waals surface area contributed by atoms with Gasteiger partial charge in [-0.25, -0.2) is 0 Å². The fourth-order valence-corrected chi connectivity index (χ4v) is 3.33. The van der Waals surface area contributed by atoms with Gasteiger partial charge in [-0.15, -0.1) is 0 Å². The molecule has 1 amide bonds. The zero-order valence-electron chi connectivity index (χ0n) is 12.7. The topological polar surface area (TPSA) is 29.5 Å². The Bertz CT molecular complexity index is 288. The number of ether oxygens (including phenoxy) is 1. The van der Waals surface area contributed by atoms with E-state index in [1.165, 1.54) is 23.7 Å². The lowest BCUT2D eigenvalue weighted by Crippen LogP contribution is -2.47. The Labute approximate surface area is 131 Å². The van der Waals surface area contributed by atoms with Crippen molar-refractivity contribution in [3.05, 3.63) is 0 Å². The van der Waals surface area contributed by atoms with Crippen molar-refractivity contribution < 1.29 is 9.53 Å². The molecule has 112 valence electrons. The summed E-state index contributed by atoms with van der Waals surface area (Å²) in [4.78, 5) is 14.3. The van der Waals surface area contributed by atoms with Crippen molar-refractivity contribution in [1.82, 2.24) is 4.90 Å². The molecule has 4 heteroatoms. The molecule has 2 atom stereocenters. The number of carbonyl (C=O) groups excluding carboxylic acids is 1. The average molecular weight is 381 g/mol. The van der Waals surface area contributed by atoms with Crippen molar-refractivity contribution >= 4 is 28.5 Å². The second-order valence-electron chi connectivity index (χ2n) is 6.43. The quantitative estimate of drug-likeness (QED) is 0.382. The van der Waals surface area contributed by atoms with E-state index in [0.717, 1.165) is 19.4 Å². The first kappa shape index (κ1) is 17.2. The zero-order valence-corrected chi connectivity index (χ0v) is 14.9. The molecule has 1 aliphatic heterocycles. The van der Waals surface area contributed by atoms with Gasteiger partial charge in [-0.05, 0) is 45.0 Å². The van der Waals surface area contributed by atoms with Gasteiger partial charge in [0, 0.05) is 24.6 Å². The first-order chi connectivity index (χ1) is 8.88. The number of unbranched alkanes of at least 4 members (excludes halogenated alkanes) is 3. The largest absolute Gasteiger partial charge is 0.368 e. The van der Waals surface area contributed by atoms with Gasteiger partial charge in [0.25, 0.3) is 5.91 Å². The van der Waals surface area contributed by atoms with Crippen LogP contribution in [-0.4, -0.2) is 39.5 Å². The highest BCUT2D eigenvalue weighted by atomic mass is 127. The summed E-state index contributed by atoms with van der Waals surface area (Å²) in [7, 11) is 0. The van der Waals surface area contributed by atoms with E-state index in [1.54, 1.807) is 0 Å². The molecule has 19 heavy (non-hydrogen) atoms. The number of alkyl halides is 1. The zero-order chi connectivity index (χ0) is 14.5. The second kappa shape index (κ2) is 7.81. The molecule has 0 saturated carbocycles. The molecule has 1 fully saturated rings. The van der Waals surface area contributed by atoms with Crippen LogP contribution in [0, 0.1) is 0 Å². The van der Waals surface area contributed by atoms with Gasteiger partial charge < -0.3 is 9.64 Å². The van der Waals surface area contributed by atoms with Crippen LogP contribution < -0.4 is 0 Å². The molecule has 0 aliphatic carbocycles. The summed E-state index contributed by atoms with van der Waals surface area (Å²) < 4.78 is 7.03. The number of amides is 1. The number of halogens is 1. The van der Waals surface area contributed by atoms with Gasteiger partial charge in [-0.2, -0.15) is 0 Å². The van der Waals surface area contributed by atoms with E-state index in [1.807, 2.05) is 4.90 Å². The van der Waals surface area contributed by atoms with Crippen LogP contribution in [0.4, 0.5) is 0 Å². The number of hydrogen-bond donors (Lipinski definition) is 0. The molecule has 1 saturated heterocycles. The van der Waals surface area contributed by atoms with E-state index in [2.05, 4.69) is 50.3 Å². The Morgan fingerprint density at radius 2 is 1.89 bits per heavy atom. The smallest absolute Gasteiger partial charge is 0.252 e. The standard InChI is InChI=1S/C15H28INO2/c1-12-11-13(14(18)17(12)15(2,3)4)19-10-8-6-5-7-9-16/h12-13H,5-11H2,1-4H3. The minimum Gasteiger partial charge on any atom is -0.368 e. The summed E-state index contributed by atoms with van der Waals surface area (Å²) in [5, 5.41) is 0. The van der Waals surface area contributed by atoms with Crippen LogP contribution >= 0.6 is 22.6 Å². The highest BCUT2D eigenvalue weighted by Gasteiger charge is 2.42. The lowest BCUT2D eigenvalue weighted by atomic mass is 10.1. The van der Waals surface area contributed by atoms with Crippen LogP contribution in [0.2, 0.25) is 0 Å². The van der Waals surface area contributed by atoms with Crippen LogP contribution in [-0.2, 0) is 9.53 Å². The lowest BCUT2D eigenvalue weighted by molar-refractivity contribution is -0.142. The van der Waals surface area contributed by atoms with Crippen LogP contribution in [0.25, 0.3) is 0 Å². The molecule has 0 radical (unpaired) electrons. The van der Waals surface area contributed by atoms with E-state index >= 15 is 0 Å². The first-order valence-electron chi connectivity index (χ1n) is 7.38. The number of nitrogens with zero attached hydrogens (tertiary/aromatic N) is 1. The normalized spacial score (nSPS) is 24.3. The first-order valence-corrected chi connectivity index (χ1v) is 8.91. The van der Waals surface area contributed by atoms with Crippen LogP contribution in [0.1, 0.15) is 59.8 Å². The molecular weight excluding hydrogens is 353 g/mol. The summed E-state index contributed by atoms with van der Waals surface area (Å²) in [6.07, 6.45) is 5.47. The molecule has 1 heterocycles. The van der Waals surface area contributed by atoms with Gasteiger partial charge in [0.15, 0.2) is 0 Å². The molecule has 1 aliphatic rings. The number of hydrogen-bond acceptors (Lipinski definition) is 2. The Hall–Kier alpha value is 0.160. The molecule has 2 unspecified atom stereocenters. The molecule has 0 N–H and O–H groups in total. The second-order valence-corrected chi connectivity index (χ2v) is 7.51. The fourth-order valence-electron chi connectivity index (χ4n) is 2.80. The van der Waals surface area contributed by atoms with E-state index in [-0.39, 0.29) is 23.6 Å². The number of carbonyl (C=O) groups is 1. The van der Waals surface area contributed by atoms with Crippen molar-refractivity contribution in [3.8, 4) is 0 Å². The van der Waals surface area contributed by atoms with Gasteiger partial charge in [-0.1, -0.05) is 35.4 Å². The maximum Gasteiger partial charge on any atom is 0.252 e. The van der Waals surface area contributed by atoms with E-state index in [9.17, 15) is 4.79 Å². The maximum atomic E-state index is 12.3. The average Bonchev–Trinajstić information content (AvgIpc) is 2.58. The Kier molecular flexibility index (Phi) is 7.08. The van der Waals surface area contributed by atoms with Gasteiger partial charge in [0.05, 0.1) is 0 Å². The molecule has 0 spiro atoms. The predicted molar refractivity (Wildman–Crippen MR) is 87.8 cm³/mol. The summed E-state index contributed by atoms with van der Waals surface area (Å²) >= 11 is 2.41. The Morgan fingerprint density at radius 3 is 2.42 bits per heavy atom. The number of likely N-dealkylation sites (tertiary alicyclic amines) is 1. The minimum absolute atomic E-state index is 0.102. The van der Waals surface area contributed by atoms with E-state index < -0.39 is 0 Å². The highest BCUT2D eigenvalue weighted by Crippen LogP contribution is 2.29. The van der Waals surface area contributed by atoms with Gasteiger partial charge in [-0.3, -0.25) is 4.79 Å². The monoisotopic (exact) mass is 381 g/mol. The summed E-state index contributed by atoms with van der Waals surface area (Å²) in [6, 6.07) is 0.288. The molecule has 1 rings (SSSR count). The van der Waals surface area contributed by atoms with Gasteiger partial charge >= 0.3 is 0 Å². The van der Waals surface area contributed by atoms with Gasteiger partial charge in [0.2, 0.25) is 0 Å². The van der Waals surface area contributed by atoms with Crippen molar-refractivity contribution in [3.63, 3.8) is 0 Å². The third kappa shape index (κ3) is 5.21. The molecule has 0 aromatic heterocycles. The maximum absolute atomic E-state index is 12.3. The van der Waals surface area contributed by atoms with Crippen LogP contribution in [0.15, 0.2) is 0 Å². The van der Waals surface area contributed by atoms with E-state index in [0.29, 0.717) is 0 Å². The Balaban J connectivity index is 2.31. The third-order valence-corrected chi connectivity index (χ3v) is 4.34. The van der Waals surface area contributed by atoms with E-state index in [4.69, 9.17) is 4.74 Å². The summed E-state index contributed by atoms with van der Waals surface area (Å²) in [6.45, 7) is 9.12. The minimum atomic E-state index is -0.209. The van der Waals surface area contributed by atoms with Gasteiger partial charge in [0.1, 0.15) is 6.10 Å². The molecule has 0 aromatic rings. The molecular formula is C15H28INO2. The lowest BCUT2D eigenvalue weighted by Gasteiger charge is -2.35. The summed E-state index contributed by atoms with van der Waals surface area (Å²) in [5.41, 5.74) is -0.102. The van der Waals surface area contributed by atoms with Crippen molar-refractivity contribution in [1.29, 1.82) is 0 Å². The fraction of sp³-hybridized carbons (Fsp3) is 0.933. The van der Waals surface area contributed by atoms with Crippen LogP contribution in [0.5, 0.6) is 0 Å². The van der Waals surface area contributed by atoms with Crippen LogP contribution in [0.3, 0.4) is 0 Å². The number of rotatable bonds is 7. The molecule has 0 aromatic carbocycles. The van der Waals surface area contributed by atoms with Crippen molar-refractivity contribution in [2.24, 2.45) is 0 Å². The SMILES string of the molecule is CC1CC(OCCCCCCI)C(=O)N1C(C)(C)C. The van der Waals surface area contributed by atoms with Crippen molar-refractivity contribution in [2.45, 2.75) is 77.5 Å². The van der Waals surface area contributed by atoms with Crippen molar-refractivity contribution in [2.75, 3.05) is 11.0 Å². The predicted octanol–water partition coefficient (Wildman–Crippen LogP) is 3.79. The third-order valence-electron chi connectivity index (χ3n) is 3.58. The highest BCUT2D eigenvalue weighted by molar-refractivity contribution is 14.1. The summed E-state index contributed by atoms with van der Waals surface area (Å²) in [5.74, 6) is 0.173. The molecule has 3 nitrogen and oxygen atoms in total. The molecule has 0 bridgehead atoms.